The standard InChI is InChI=1S/C21H22F2N2O3/c1-4-28-17-9-8-13(10-12(17)2)14-11-25(3)21(27)18(14)20(26)24-16-7-5-6-15(22)19(16)23/h5-10,14,18H,4,11H2,1-3H3,(H,24,26). The van der Waals surface area contributed by atoms with Crippen LogP contribution in [0.4, 0.5) is 14.5 Å². The van der Waals surface area contributed by atoms with E-state index in [-0.39, 0.29) is 11.6 Å². The number of amides is 2. The summed E-state index contributed by atoms with van der Waals surface area (Å²) in [5.74, 6) is -3.91. The average Bonchev–Trinajstić information content (AvgIpc) is 2.96. The molecule has 0 bridgehead atoms. The highest BCUT2D eigenvalue weighted by Crippen LogP contribution is 2.36. The summed E-state index contributed by atoms with van der Waals surface area (Å²) in [5.41, 5.74) is 1.43. The number of likely N-dealkylation sites (N-methyl/N-ethyl adjacent to an activating group) is 1. The van der Waals surface area contributed by atoms with Gasteiger partial charge in [-0.05, 0) is 43.2 Å². The Hall–Kier alpha value is -2.96. The summed E-state index contributed by atoms with van der Waals surface area (Å²) in [7, 11) is 1.62. The molecule has 2 amide bonds. The van der Waals surface area contributed by atoms with E-state index in [0.29, 0.717) is 13.2 Å². The molecule has 0 saturated carbocycles. The SMILES string of the molecule is CCOc1ccc(C2CN(C)C(=O)C2C(=O)Nc2cccc(F)c2F)cc1C. The van der Waals surface area contributed by atoms with Crippen LogP contribution in [-0.2, 0) is 9.59 Å². The fourth-order valence-corrected chi connectivity index (χ4v) is 3.52. The van der Waals surface area contributed by atoms with E-state index in [9.17, 15) is 18.4 Å². The first kappa shape index (κ1) is 19.8. The zero-order chi connectivity index (χ0) is 20.4. The molecule has 148 valence electrons. The van der Waals surface area contributed by atoms with Gasteiger partial charge in [0.05, 0.1) is 12.3 Å². The molecule has 2 aromatic carbocycles. The van der Waals surface area contributed by atoms with Gasteiger partial charge < -0.3 is 15.0 Å². The molecule has 2 atom stereocenters. The van der Waals surface area contributed by atoms with Crippen molar-refractivity contribution in [3.05, 3.63) is 59.2 Å². The van der Waals surface area contributed by atoms with Gasteiger partial charge in [0.2, 0.25) is 11.8 Å². The van der Waals surface area contributed by atoms with Crippen LogP contribution in [0, 0.1) is 24.5 Å². The molecule has 0 aliphatic carbocycles. The van der Waals surface area contributed by atoms with E-state index in [1.54, 1.807) is 7.05 Å². The van der Waals surface area contributed by atoms with E-state index in [1.165, 1.54) is 17.0 Å². The highest BCUT2D eigenvalue weighted by atomic mass is 19.2. The van der Waals surface area contributed by atoms with Gasteiger partial charge in [-0.1, -0.05) is 18.2 Å². The highest BCUT2D eigenvalue weighted by Gasteiger charge is 2.44. The van der Waals surface area contributed by atoms with Crippen LogP contribution in [0.5, 0.6) is 5.75 Å². The Labute approximate surface area is 162 Å². The Bertz CT molecular complexity index is 917. The van der Waals surface area contributed by atoms with Gasteiger partial charge in [-0.15, -0.1) is 0 Å². The third kappa shape index (κ3) is 3.69. The van der Waals surface area contributed by atoms with Crippen LogP contribution in [0.25, 0.3) is 0 Å². The molecule has 7 heteroatoms. The van der Waals surface area contributed by atoms with E-state index in [4.69, 9.17) is 4.74 Å². The first-order valence-corrected chi connectivity index (χ1v) is 9.06. The summed E-state index contributed by atoms with van der Waals surface area (Å²) in [6, 6.07) is 9.06. The number of carbonyl (C=O) groups is 2. The molecule has 1 heterocycles. The average molecular weight is 388 g/mol. The number of ether oxygens (including phenoxy) is 1. The third-order valence-electron chi connectivity index (χ3n) is 4.93. The van der Waals surface area contributed by atoms with Crippen LogP contribution in [0.2, 0.25) is 0 Å². The van der Waals surface area contributed by atoms with Crippen LogP contribution in [0.3, 0.4) is 0 Å². The molecular weight excluding hydrogens is 366 g/mol. The summed E-state index contributed by atoms with van der Waals surface area (Å²) in [4.78, 5) is 26.9. The molecule has 0 aromatic heterocycles. The number of anilines is 1. The quantitative estimate of drug-likeness (QED) is 0.798. The lowest BCUT2D eigenvalue weighted by molar-refractivity contribution is -0.135. The van der Waals surface area contributed by atoms with Gasteiger partial charge in [0, 0.05) is 19.5 Å². The number of hydrogen-bond acceptors (Lipinski definition) is 3. The molecule has 3 rings (SSSR count). The molecular formula is C21H22F2N2O3. The molecule has 1 N–H and O–H groups in total. The van der Waals surface area contributed by atoms with Crippen molar-refractivity contribution < 1.29 is 23.1 Å². The van der Waals surface area contributed by atoms with E-state index in [1.807, 2.05) is 32.0 Å². The van der Waals surface area contributed by atoms with E-state index < -0.39 is 29.4 Å². The Morgan fingerprint density at radius 1 is 1.29 bits per heavy atom. The molecule has 1 saturated heterocycles. The highest BCUT2D eigenvalue weighted by molar-refractivity contribution is 6.08. The molecule has 28 heavy (non-hydrogen) atoms. The zero-order valence-corrected chi connectivity index (χ0v) is 16.0. The summed E-state index contributed by atoms with van der Waals surface area (Å²) >= 11 is 0. The van der Waals surface area contributed by atoms with Crippen molar-refractivity contribution in [2.45, 2.75) is 19.8 Å². The monoisotopic (exact) mass is 388 g/mol. The largest absolute Gasteiger partial charge is 0.494 e. The van der Waals surface area contributed by atoms with Gasteiger partial charge in [-0.2, -0.15) is 0 Å². The number of benzene rings is 2. The summed E-state index contributed by atoms with van der Waals surface area (Å²) in [6.07, 6.45) is 0. The molecule has 5 nitrogen and oxygen atoms in total. The fraction of sp³-hybridized carbons (Fsp3) is 0.333. The summed E-state index contributed by atoms with van der Waals surface area (Å²) in [5, 5.41) is 2.36. The lowest BCUT2D eigenvalue weighted by Gasteiger charge is -2.18. The minimum atomic E-state index is -1.15. The van der Waals surface area contributed by atoms with Crippen LogP contribution in [0.15, 0.2) is 36.4 Å². The lowest BCUT2D eigenvalue weighted by atomic mass is 9.87. The lowest BCUT2D eigenvalue weighted by Crippen LogP contribution is -2.33. The molecule has 0 spiro atoms. The predicted molar refractivity (Wildman–Crippen MR) is 101 cm³/mol. The van der Waals surface area contributed by atoms with Crippen molar-refractivity contribution in [3.63, 3.8) is 0 Å². The summed E-state index contributed by atoms with van der Waals surface area (Å²) < 4.78 is 32.9. The van der Waals surface area contributed by atoms with Gasteiger partial charge in [0.15, 0.2) is 11.6 Å². The first-order chi connectivity index (χ1) is 13.3. The van der Waals surface area contributed by atoms with Crippen molar-refractivity contribution in [1.29, 1.82) is 0 Å². The van der Waals surface area contributed by atoms with Crippen LogP contribution >= 0.6 is 0 Å². The van der Waals surface area contributed by atoms with E-state index in [0.717, 1.165) is 22.9 Å². The van der Waals surface area contributed by atoms with Crippen molar-refractivity contribution in [1.82, 2.24) is 4.90 Å². The topological polar surface area (TPSA) is 58.6 Å². The number of aryl methyl sites for hydroxylation is 1. The predicted octanol–water partition coefficient (Wildman–Crippen LogP) is 3.48. The van der Waals surface area contributed by atoms with Gasteiger partial charge in [0.25, 0.3) is 0 Å². The minimum absolute atomic E-state index is 0.283. The number of nitrogens with zero attached hydrogens (tertiary/aromatic N) is 1. The number of rotatable bonds is 5. The molecule has 1 aliphatic heterocycles. The maximum atomic E-state index is 13.9. The van der Waals surface area contributed by atoms with Crippen molar-refractivity contribution in [2.75, 3.05) is 25.5 Å². The Morgan fingerprint density at radius 2 is 2.04 bits per heavy atom. The Morgan fingerprint density at radius 3 is 2.71 bits per heavy atom. The minimum Gasteiger partial charge on any atom is -0.494 e. The normalized spacial score (nSPS) is 19.0. The number of likely N-dealkylation sites (tertiary alicyclic amines) is 1. The van der Waals surface area contributed by atoms with Crippen molar-refractivity contribution >= 4 is 17.5 Å². The smallest absolute Gasteiger partial charge is 0.237 e. The molecule has 1 fully saturated rings. The Kier molecular flexibility index (Phi) is 5.63. The zero-order valence-electron chi connectivity index (χ0n) is 16.0. The number of hydrogen-bond donors (Lipinski definition) is 1. The molecule has 2 unspecified atom stereocenters. The van der Waals surface area contributed by atoms with E-state index in [2.05, 4.69) is 5.32 Å². The van der Waals surface area contributed by atoms with Gasteiger partial charge in [-0.3, -0.25) is 9.59 Å². The number of carbonyl (C=O) groups excluding carboxylic acids is 2. The van der Waals surface area contributed by atoms with Crippen molar-refractivity contribution in [3.8, 4) is 5.75 Å². The van der Waals surface area contributed by atoms with Gasteiger partial charge in [-0.25, -0.2) is 8.78 Å². The van der Waals surface area contributed by atoms with Crippen LogP contribution < -0.4 is 10.1 Å². The van der Waals surface area contributed by atoms with Gasteiger partial charge >= 0.3 is 0 Å². The van der Waals surface area contributed by atoms with Crippen LogP contribution in [0.1, 0.15) is 24.0 Å². The van der Waals surface area contributed by atoms with Crippen LogP contribution in [-0.4, -0.2) is 36.9 Å². The second-order valence-electron chi connectivity index (χ2n) is 6.85. The third-order valence-corrected chi connectivity index (χ3v) is 4.93. The second-order valence-corrected chi connectivity index (χ2v) is 6.85. The molecule has 1 aliphatic rings. The van der Waals surface area contributed by atoms with Crippen molar-refractivity contribution in [2.24, 2.45) is 5.92 Å². The first-order valence-electron chi connectivity index (χ1n) is 9.06. The molecule has 2 aromatic rings. The number of nitrogens with one attached hydrogen (secondary N) is 1. The number of halogens is 2. The van der Waals surface area contributed by atoms with E-state index >= 15 is 0 Å². The maximum Gasteiger partial charge on any atom is 0.237 e. The maximum absolute atomic E-state index is 13.9. The second kappa shape index (κ2) is 7.96. The fourth-order valence-electron chi connectivity index (χ4n) is 3.52. The summed E-state index contributed by atoms with van der Waals surface area (Å²) in [6.45, 7) is 4.68. The van der Waals surface area contributed by atoms with Gasteiger partial charge in [0.1, 0.15) is 11.7 Å². The Balaban J connectivity index is 1.89. The molecule has 0 radical (unpaired) electrons.